The maximum absolute atomic E-state index is 4.08. The summed E-state index contributed by atoms with van der Waals surface area (Å²) in [6, 6.07) is 11.8. The van der Waals surface area contributed by atoms with E-state index in [-0.39, 0.29) is 0 Å². The largest absolute Gasteiger partial charge is 0.307 e. The van der Waals surface area contributed by atoms with Gasteiger partial charge in [0.1, 0.15) is 0 Å². The molecule has 104 valence electrons. The van der Waals surface area contributed by atoms with E-state index >= 15 is 0 Å². The van der Waals surface area contributed by atoms with Crippen LogP contribution in [-0.2, 0) is 12.8 Å². The molecule has 0 fully saturated rings. The lowest BCUT2D eigenvalue weighted by Crippen LogP contribution is -2.36. The molecule has 0 saturated carbocycles. The minimum Gasteiger partial charge on any atom is -0.307 e. The molecule has 1 aromatic carbocycles. The summed E-state index contributed by atoms with van der Waals surface area (Å²) in [5, 5.41) is 3.75. The fraction of sp³-hybridized carbons (Fsp3) is 0.353. The van der Waals surface area contributed by atoms with Crippen molar-refractivity contribution in [3.05, 3.63) is 63.9 Å². The average molecular weight is 331 g/mol. The van der Waals surface area contributed by atoms with Gasteiger partial charge in [-0.2, -0.15) is 0 Å². The van der Waals surface area contributed by atoms with Gasteiger partial charge < -0.3 is 5.32 Å². The molecule has 2 aromatic rings. The molecular formula is C17H19BrN2. The van der Waals surface area contributed by atoms with Crippen LogP contribution in [0.2, 0.25) is 0 Å². The van der Waals surface area contributed by atoms with Gasteiger partial charge >= 0.3 is 0 Å². The fourth-order valence-electron chi connectivity index (χ4n) is 2.97. The van der Waals surface area contributed by atoms with E-state index in [4.69, 9.17) is 0 Å². The van der Waals surface area contributed by atoms with Gasteiger partial charge in [0.2, 0.25) is 0 Å². The summed E-state index contributed by atoms with van der Waals surface area (Å²) in [5.41, 5.74) is 4.29. The third-order valence-electron chi connectivity index (χ3n) is 4.09. The highest BCUT2D eigenvalue weighted by Gasteiger charge is 2.20. The van der Waals surface area contributed by atoms with E-state index in [1.165, 1.54) is 27.6 Å². The molecule has 1 aliphatic carbocycles. The Kier molecular flexibility index (Phi) is 4.18. The van der Waals surface area contributed by atoms with E-state index < -0.39 is 0 Å². The Morgan fingerprint density at radius 3 is 2.80 bits per heavy atom. The SMILES string of the molecule is CC(NC1CCc2cc(Br)ccc2C1)c1ccncc1. The standard InChI is InChI=1S/C17H19BrN2/c1-12(13-6-8-19-9-7-13)20-17-5-3-14-10-16(18)4-2-15(14)11-17/h2,4,6-10,12,17,20H,3,5,11H2,1H3. The summed E-state index contributed by atoms with van der Waals surface area (Å²) in [5.74, 6) is 0. The molecule has 20 heavy (non-hydrogen) atoms. The number of hydrogen-bond acceptors (Lipinski definition) is 2. The van der Waals surface area contributed by atoms with Gasteiger partial charge in [0.15, 0.2) is 0 Å². The number of nitrogens with zero attached hydrogens (tertiary/aromatic N) is 1. The molecule has 0 bridgehead atoms. The zero-order valence-corrected chi connectivity index (χ0v) is 13.2. The molecule has 1 N–H and O–H groups in total. The van der Waals surface area contributed by atoms with Crippen molar-refractivity contribution < 1.29 is 0 Å². The lowest BCUT2D eigenvalue weighted by molar-refractivity contribution is 0.413. The van der Waals surface area contributed by atoms with Crippen LogP contribution in [0.5, 0.6) is 0 Å². The molecule has 1 aromatic heterocycles. The second-order valence-corrected chi connectivity index (χ2v) is 6.44. The van der Waals surface area contributed by atoms with Gasteiger partial charge in [0, 0.05) is 29.0 Å². The summed E-state index contributed by atoms with van der Waals surface area (Å²) in [7, 11) is 0. The topological polar surface area (TPSA) is 24.9 Å². The first-order chi connectivity index (χ1) is 9.72. The van der Waals surface area contributed by atoms with Crippen molar-refractivity contribution in [2.75, 3.05) is 0 Å². The van der Waals surface area contributed by atoms with E-state index in [0.717, 1.165) is 12.8 Å². The van der Waals surface area contributed by atoms with Crippen LogP contribution in [0.25, 0.3) is 0 Å². The predicted molar refractivity (Wildman–Crippen MR) is 85.7 cm³/mol. The number of pyridine rings is 1. The smallest absolute Gasteiger partial charge is 0.0295 e. The van der Waals surface area contributed by atoms with Crippen molar-refractivity contribution in [3.63, 3.8) is 0 Å². The van der Waals surface area contributed by atoms with Crippen LogP contribution in [-0.4, -0.2) is 11.0 Å². The molecule has 0 aliphatic heterocycles. The number of nitrogens with one attached hydrogen (secondary N) is 1. The number of aryl methyl sites for hydroxylation is 1. The molecule has 0 spiro atoms. The maximum atomic E-state index is 4.08. The van der Waals surface area contributed by atoms with Gasteiger partial charge in [-0.1, -0.05) is 22.0 Å². The number of hydrogen-bond donors (Lipinski definition) is 1. The Balaban J connectivity index is 1.67. The number of aromatic nitrogens is 1. The van der Waals surface area contributed by atoms with Gasteiger partial charge in [-0.15, -0.1) is 0 Å². The number of benzene rings is 1. The summed E-state index contributed by atoms with van der Waals surface area (Å²) < 4.78 is 1.19. The molecule has 1 aliphatic rings. The van der Waals surface area contributed by atoms with Gasteiger partial charge in [0.25, 0.3) is 0 Å². The number of fused-ring (bicyclic) bond motifs is 1. The third kappa shape index (κ3) is 3.10. The Labute approximate surface area is 128 Å². The van der Waals surface area contributed by atoms with Gasteiger partial charge in [-0.05, 0) is 67.1 Å². The highest BCUT2D eigenvalue weighted by molar-refractivity contribution is 9.10. The molecule has 1 heterocycles. The van der Waals surface area contributed by atoms with Crippen LogP contribution in [0.4, 0.5) is 0 Å². The van der Waals surface area contributed by atoms with Crippen LogP contribution in [0, 0.1) is 0 Å². The lowest BCUT2D eigenvalue weighted by Gasteiger charge is -2.28. The molecule has 2 nitrogen and oxygen atoms in total. The van der Waals surface area contributed by atoms with E-state index in [9.17, 15) is 0 Å². The van der Waals surface area contributed by atoms with E-state index in [2.05, 4.69) is 63.5 Å². The van der Waals surface area contributed by atoms with Crippen LogP contribution in [0.15, 0.2) is 47.2 Å². The van der Waals surface area contributed by atoms with Crippen molar-refractivity contribution >= 4 is 15.9 Å². The second-order valence-electron chi connectivity index (χ2n) is 5.52. The number of halogens is 1. The first kappa shape index (κ1) is 13.8. The van der Waals surface area contributed by atoms with Crippen molar-refractivity contribution in [2.24, 2.45) is 0 Å². The maximum Gasteiger partial charge on any atom is 0.0295 e. The highest BCUT2D eigenvalue weighted by Crippen LogP contribution is 2.26. The van der Waals surface area contributed by atoms with E-state index in [1.807, 2.05) is 12.4 Å². The molecule has 0 saturated heterocycles. The van der Waals surface area contributed by atoms with Crippen molar-refractivity contribution in [2.45, 2.75) is 38.3 Å². The first-order valence-corrected chi connectivity index (χ1v) is 7.95. The highest BCUT2D eigenvalue weighted by atomic mass is 79.9. The monoisotopic (exact) mass is 330 g/mol. The minimum absolute atomic E-state index is 0.375. The van der Waals surface area contributed by atoms with Crippen molar-refractivity contribution in [1.82, 2.24) is 10.3 Å². The van der Waals surface area contributed by atoms with Crippen molar-refractivity contribution in [1.29, 1.82) is 0 Å². The van der Waals surface area contributed by atoms with Gasteiger partial charge in [0.05, 0.1) is 0 Å². The van der Waals surface area contributed by atoms with Crippen LogP contribution in [0.3, 0.4) is 0 Å². The van der Waals surface area contributed by atoms with Gasteiger partial charge in [-0.3, -0.25) is 4.98 Å². The third-order valence-corrected chi connectivity index (χ3v) is 4.58. The molecule has 0 radical (unpaired) electrons. The summed E-state index contributed by atoms with van der Waals surface area (Å²) in [6.45, 7) is 2.23. The normalized spacial score (nSPS) is 19.4. The zero-order valence-electron chi connectivity index (χ0n) is 11.6. The van der Waals surface area contributed by atoms with Crippen LogP contribution >= 0.6 is 15.9 Å². The summed E-state index contributed by atoms with van der Waals surface area (Å²) in [6.07, 6.45) is 7.22. The molecule has 2 unspecified atom stereocenters. The minimum atomic E-state index is 0.375. The lowest BCUT2D eigenvalue weighted by atomic mass is 9.88. The number of rotatable bonds is 3. The van der Waals surface area contributed by atoms with Gasteiger partial charge in [-0.25, -0.2) is 0 Å². The molecule has 3 rings (SSSR count). The van der Waals surface area contributed by atoms with Crippen LogP contribution in [0.1, 0.15) is 36.1 Å². The Morgan fingerprint density at radius 2 is 2.00 bits per heavy atom. The van der Waals surface area contributed by atoms with E-state index in [0.29, 0.717) is 12.1 Å². The molecule has 0 amide bonds. The summed E-state index contributed by atoms with van der Waals surface area (Å²) >= 11 is 3.55. The van der Waals surface area contributed by atoms with Crippen LogP contribution < -0.4 is 5.32 Å². The zero-order chi connectivity index (χ0) is 13.9. The summed E-state index contributed by atoms with van der Waals surface area (Å²) in [4.78, 5) is 4.08. The Hall–Kier alpha value is -1.19. The Bertz CT molecular complexity index is 583. The molecule has 3 heteroatoms. The first-order valence-electron chi connectivity index (χ1n) is 7.15. The predicted octanol–water partition coefficient (Wildman–Crippen LogP) is 4.05. The second kappa shape index (κ2) is 6.06. The fourth-order valence-corrected chi connectivity index (χ4v) is 3.38. The van der Waals surface area contributed by atoms with Crippen molar-refractivity contribution in [3.8, 4) is 0 Å². The molecular weight excluding hydrogens is 312 g/mol. The Morgan fingerprint density at radius 1 is 1.20 bits per heavy atom. The van der Waals surface area contributed by atoms with E-state index in [1.54, 1.807) is 0 Å². The molecule has 2 atom stereocenters. The average Bonchev–Trinajstić information content (AvgIpc) is 2.48. The quantitative estimate of drug-likeness (QED) is 0.918.